The number of nitrogens with one attached hydrogen (secondary N) is 3. The molecule has 0 unspecified atom stereocenters. The zero-order chi connectivity index (χ0) is 22.9. The molecule has 33 heavy (non-hydrogen) atoms. The van der Waals surface area contributed by atoms with Gasteiger partial charge in [-0.2, -0.15) is 5.10 Å². The van der Waals surface area contributed by atoms with Crippen LogP contribution in [-0.4, -0.2) is 57.3 Å². The normalized spacial score (nSPS) is 14.6. The van der Waals surface area contributed by atoms with Crippen LogP contribution in [0.25, 0.3) is 22.6 Å². The number of hydrogen-bond donors (Lipinski definition) is 3. The number of fused-ring (bicyclic) bond motifs is 1. The summed E-state index contributed by atoms with van der Waals surface area (Å²) in [7, 11) is 0. The lowest BCUT2D eigenvalue weighted by molar-refractivity contribution is 0.0342. The summed E-state index contributed by atoms with van der Waals surface area (Å²) in [6, 6.07) is 6.78. The Morgan fingerprint density at radius 2 is 1.88 bits per heavy atom. The fraction of sp³-hybridized carbons (Fsp3) is 0.227. The number of morpholine rings is 1. The Morgan fingerprint density at radius 1 is 1.12 bits per heavy atom. The van der Waals surface area contributed by atoms with E-state index in [2.05, 4.69) is 30.4 Å². The second-order valence-corrected chi connectivity index (χ2v) is 7.68. The Balaban J connectivity index is 1.39. The third-order valence-corrected chi connectivity index (χ3v) is 5.41. The van der Waals surface area contributed by atoms with Gasteiger partial charge in [-0.3, -0.25) is 14.8 Å². The summed E-state index contributed by atoms with van der Waals surface area (Å²) in [6.07, 6.45) is 1.30. The highest BCUT2D eigenvalue weighted by atomic mass is 19.1. The van der Waals surface area contributed by atoms with Crippen LogP contribution in [0.5, 0.6) is 0 Å². The van der Waals surface area contributed by atoms with E-state index in [9.17, 15) is 18.0 Å². The zero-order valence-corrected chi connectivity index (χ0v) is 17.3. The highest BCUT2D eigenvalue weighted by molar-refractivity contribution is 6.06. The van der Waals surface area contributed by atoms with Crippen LogP contribution in [0.3, 0.4) is 0 Å². The molecule has 0 spiro atoms. The van der Waals surface area contributed by atoms with E-state index in [-0.39, 0.29) is 5.69 Å². The molecule has 11 heteroatoms. The molecule has 2 aromatic heterocycles. The van der Waals surface area contributed by atoms with Crippen LogP contribution < -0.4 is 5.32 Å². The predicted molar refractivity (Wildman–Crippen MR) is 114 cm³/mol. The summed E-state index contributed by atoms with van der Waals surface area (Å²) >= 11 is 0. The number of H-pyrrole nitrogens is 2. The van der Waals surface area contributed by atoms with Gasteiger partial charge in [-0.1, -0.05) is 6.07 Å². The van der Waals surface area contributed by atoms with E-state index >= 15 is 0 Å². The largest absolute Gasteiger partial charge is 0.379 e. The Labute approximate surface area is 185 Å². The molecule has 0 bridgehead atoms. The second-order valence-electron chi connectivity index (χ2n) is 7.68. The summed E-state index contributed by atoms with van der Waals surface area (Å²) in [6.45, 7) is 3.97. The molecule has 170 valence electrons. The summed E-state index contributed by atoms with van der Waals surface area (Å²) in [5.41, 5.74) is 2.21. The van der Waals surface area contributed by atoms with Gasteiger partial charge in [0.25, 0.3) is 5.91 Å². The molecular formula is C22H19F3N6O2. The SMILES string of the molecule is O=C(Nc1cn[nH]c1-c1nc2ccc(CN3CCOCC3)cc2[nH]1)c1c(F)cc(F)cc1F. The number of benzene rings is 2. The maximum absolute atomic E-state index is 14.0. The molecule has 0 aliphatic carbocycles. The van der Waals surface area contributed by atoms with Crippen molar-refractivity contribution in [2.45, 2.75) is 6.54 Å². The number of rotatable bonds is 5. The molecule has 0 saturated carbocycles. The number of aromatic nitrogens is 4. The molecule has 5 rings (SSSR count). The number of imidazole rings is 1. The van der Waals surface area contributed by atoms with E-state index in [1.54, 1.807) is 0 Å². The highest BCUT2D eigenvalue weighted by Crippen LogP contribution is 2.27. The molecule has 1 amide bonds. The number of carbonyl (C=O) groups excluding carboxylic acids is 1. The molecule has 0 atom stereocenters. The summed E-state index contributed by atoms with van der Waals surface area (Å²) in [5, 5.41) is 9.04. The van der Waals surface area contributed by atoms with Crippen LogP contribution in [0.1, 0.15) is 15.9 Å². The third kappa shape index (κ3) is 4.32. The van der Waals surface area contributed by atoms with Gasteiger partial charge in [0, 0.05) is 31.8 Å². The minimum Gasteiger partial charge on any atom is -0.379 e. The van der Waals surface area contributed by atoms with Crippen molar-refractivity contribution in [3.8, 4) is 11.5 Å². The molecule has 1 saturated heterocycles. The lowest BCUT2D eigenvalue weighted by Crippen LogP contribution is -2.35. The van der Waals surface area contributed by atoms with Crippen LogP contribution in [0.2, 0.25) is 0 Å². The number of hydrogen-bond acceptors (Lipinski definition) is 5. The van der Waals surface area contributed by atoms with Crippen molar-refractivity contribution in [3.63, 3.8) is 0 Å². The Bertz CT molecular complexity index is 1310. The van der Waals surface area contributed by atoms with E-state index in [0.29, 0.717) is 29.2 Å². The van der Waals surface area contributed by atoms with Crippen LogP contribution in [0.4, 0.5) is 18.9 Å². The van der Waals surface area contributed by atoms with Gasteiger partial charge in [-0.25, -0.2) is 18.2 Å². The predicted octanol–water partition coefficient (Wildman–Crippen LogP) is 3.45. The topological polar surface area (TPSA) is 98.9 Å². The fourth-order valence-corrected chi connectivity index (χ4v) is 3.80. The average Bonchev–Trinajstić information content (AvgIpc) is 3.40. The molecule has 3 heterocycles. The van der Waals surface area contributed by atoms with Gasteiger partial charge in [0.05, 0.1) is 36.1 Å². The van der Waals surface area contributed by atoms with Crippen LogP contribution in [0, 0.1) is 17.5 Å². The maximum atomic E-state index is 14.0. The fourth-order valence-electron chi connectivity index (χ4n) is 3.80. The first-order valence-electron chi connectivity index (χ1n) is 10.3. The molecule has 1 fully saturated rings. The molecule has 8 nitrogen and oxygen atoms in total. The molecule has 1 aliphatic heterocycles. The first kappa shape index (κ1) is 21.2. The number of halogens is 3. The quantitative estimate of drug-likeness (QED) is 0.427. The molecule has 0 radical (unpaired) electrons. The van der Waals surface area contributed by atoms with Gasteiger partial charge < -0.3 is 15.0 Å². The van der Waals surface area contributed by atoms with E-state index in [0.717, 1.165) is 43.9 Å². The van der Waals surface area contributed by atoms with Crippen molar-refractivity contribution in [2.75, 3.05) is 31.6 Å². The smallest absolute Gasteiger partial charge is 0.261 e. The van der Waals surface area contributed by atoms with Crippen molar-refractivity contribution >= 4 is 22.6 Å². The number of anilines is 1. The molecule has 2 aromatic carbocycles. The average molecular weight is 456 g/mol. The lowest BCUT2D eigenvalue weighted by atomic mass is 10.1. The van der Waals surface area contributed by atoms with Crippen molar-refractivity contribution < 1.29 is 22.7 Å². The molecule has 4 aromatic rings. The van der Waals surface area contributed by atoms with E-state index in [1.807, 2.05) is 18.2 Å². The van der Waals surface area contributed by atoms with Crippen LogP contribution in [-0.2, 0) is 11.3 Å². The van der Waals surface area contributed by atoms with Gasteiger partial charge >= 0.3 is 0 Å². The highest BCUT2D eigenvalue weighted by Gasteiger charge is 2.22. The Kier molecular flexibility index (Phi) is 5.56. The van der Waals surface area contributed by atoms with Gasteiger partial charge in [0.15, 0.2) is 5.82 Å². The van der Waals surface area contributed by atoms with Gasteiger partial charge in [0.1, 0.15) is 28.7 Å². The van der Waals surface area contributed by atoms with E-state index < -0.39 is 28.9 Å². The molecular weight excluding hydrogens is 437 g/mol. The van der Waals surface area contributed by atoms with Crippen molar-refractivity contribution in [1.29, 1.82) is 0 Å². The summed E-state index contributed by atoms with van der Waals surface area (Å²) < 4.78 is 46.5. The van der Waals surface area contributed by atoms with Gasteiger partial charge in [-0.05, 0) is 17.7 Å². The number of amides is 1. The minimum atomic E-state index is -1.30. The number of nitrogens with zero attached hydrogens (tertiary/aromatic N) is 3. The van der Waals surface area contributed by atoms with E-state index in [4.69, 9.17) is 4.74 Å². The standard InChI is InChI=1S/C22H19F3N6O2/c23-13-8-14(24)19(15(25)9-13)22(32)29-18-10-26-30-20(18)21-27-16-2-1-12(7-17(16)28-21)11-31-3-5-33-6-4-31/h1-2,7-10H,3-6,11H2,(H,26,30)(H,27,28)(H,29,32). The lowest BCUT2D eigenvalue weighted by Gasteiger charge is -2.26. The van der Waals surface area contributed by atoms with Crippen molar-refractivity contribution in [3.05, 3.63) is 65.1 Å². The van der Waals surface area contributed by atoms with Crippen LogP contribution in [0.15, 0.2) is 36.5 Å². The summed E-state index contributed by atoms with van der Waals surface area (Å²) in [4.78, 5) is 22.5. The Hall–Kier alpha value is -3.70. The van der Waals surface area contributed by atoms with Gasteiger partial charge in [-0.15, -0.1) is 0 Å². The first-order valence-corrected chi connectivity index (χ1v) is 10.3. The maximum Gasteiger partial charge on any atom is 0.261 e. The van der Waals surface area contributed by atoms with Crippen LogP contribution >= 0.6 is 0 Å². The molecule has 3 N–H and O–H groups in total. The monoisotopic (exact) mass is 456 g/mol. The van der Waals surface area contributed by atoms with Crippen molar-refractivity contribution in [1.82, 2.24) is 25.1 Å². The van der Waals surface area contributed by atoms with Gasteiger partial charge in [0.2, 0.25) is 0 Å². The molecule has 1 aliphatic rings. The van der Waals surface area contributed by atoms with E-state index in [1.165, 1.54) is 6.20 Å². The van der Waals surface area contributed by atoms with Crippen molar-refractivity contribution in [2.24, 2.45) is 0 Å². The first-order chi connectivity index (χ1) is 16.0. The minimum absolute atomic E-state index is 0.163. The number of aromatic amines is 2. The Morgan fingerprint density at radius 3 is 2.64 bits per heavy atom. The number of carbonyl (C=O) groups is 1. The summed E-state index contributed by atoms with van der Waals surface area (Å²) in [5.74, 6) is -4.39. The third-order valence-electron chi connectivity index (χ3n) is 5.41. The number of ether oxygens (including phenoxy) is 1. The second kappa shape index (κ2) is 8.68. The zero-order valence-electron chi connectivity index (χ0n) is 17.3.